The minimum Gasteiger partial charge on any atom is -0.496 e. The molecule has 112 valence electrons. The minimum atomic E-state index is -0.153. The number of hydrogen-bond acceptors (Lipinski definition) is 4. The number of aryl methyl sites for hydroxylation is 1. The Morgan fingerprint density at radius 3 is 2.86 bits per heavy atom. The van der Waals surface area contributed by atoms with Crippen LogP contribution in [0, 0.1) is 6.92 Å². The van der Waals surface area contributed by atoms with Gasteiger partial charge in [0.15, 0.2) is 0 Å². The fourth-order valence-electron chi connectivity index (χ4n) is 2.25. The first kappa shape index (κ1) is 14.5. The quantitative estimate of drug-likeness (QED) is 0.801. The van der Waals surface area contributed by atoms with Gasteiger partial charge in [0.2, 0.25) is 0 Å². The fourth-order valence-corrected chi connectivity index (χ4v) is 3.15. The lowest BCUT2D eigenvalue weighted by atomic mass is 10.1. The van der Waals surface area contributed by atoms with E-state index < -0.39 is 0 Å². The summed E-state index contributed by atoms with van der Waals surface area (Å²) >= 11 is 1.59. The highest BCUT2D eigenvalue weighted by atomic mass is 32.1. The molecule has 0 bridgehead atoms. The van der Waals surface area contributed by atoms with Crippen LogP contribution in [-0.2, 0) is 6.54 Å². The Morgan fingerprint density at radius 2 is 2.09 bits per heavy atom. The Labute approximate surface area is 132 Å². The number of fused-ring (bicyclic) bond motifs is 1. The highest BCUT2D eigenvalue weighted by Gasteiger charge is 2.13. The summed E-state index contributed by atoms with van der Waals surface area (Å²) in [4.78, 5) is 16.9. The Bertz CT molecular complexity index is 793. The molecule has 3 rings (SSSR count). The van der Waals surface area contributed by atoms with E-state index in [0.29, 0.717) is 17.9 Å². The molecule has 0 aliphatic rings. The van der Waals surface area contributed by atoms with Gasteiger partial charge < -0.3 is 10.1 Å². The lowest BCUT2D eigenvalue weighted by molar-refractivity contribution is 0.0947. The molecule has 5 heteroatoms. The first-order valence-electron chi connectivity index (χ1n) is 6.94. The summed E-state index contributed by atoms with van der Waals surface area (Å²) in [5.41, 5.74) is 2.53. The van der Waals surface area contributed by atoms with E-state index in [1.807, 2.05) is 49.4 Å². The van der Waals surface area contributed by atoms with E-state index in [-0.39, 0.29) is 5.91 Å². The Kier molecular flexibility index (Phi) is 4.06. The average Bonchev–Trinajstić information content (AvgIpc) is 2.95. The van der Waals surface area contributed by atoms with Crippen molar-refractivity contribution in [3.05, 3.63) is 58.6 Å². The molecule has 1 N–H and O–H groups in total. The summed E-state index contributed by atoms with van der Waals surface area (Å²) < 4.78 is 6.37. The zero-order valence-corrected chi connectivity index (χ0v) is 13.2. The molecule has 1 amide bonds. The van der Waals surface area contributed by atoms with Gasteiger partial charge in [-0.2, -0.15) is 0 Å². The Morgan fingerprint density at radius 1 is 1.27 bits per heavy atom. The molecular formula is C17H16N2O2S. The van der Waals surface area contributed by atoms with Crippen molar-refractivity contribution in [2.45, 2.75) is 13.5 Å². The summed E-state index contributed by atoms with van der Waals surface area (Å²) in [5.74, 6) is 0.423. The van der Waals surface area contributed by atoms with Gasteiger partial charge in [-0.1, -0.05) is 23.8 Å². The highest BCUT2D eigenvalue weighted by molar-refractivity contribution is 7.18. The first-order valence-corrected chi connectivity index (χ1v) is 7.76. The normalized spacial score (nSPS) is 10.6. The van der Waals surface area contributed by atoms with E-state index in [1.54, 1.807) is 18.4 Å². The molecule has 0 radical (unpaired) electrons. The van der Waals surface area contributed by atoms with Crippen molar-refractivity contribution in [1.82, 2.24) is 10.3 Å². The van der Waals surface area contributed by atoms with Gasteiger partial charge in [0, 0.05) is 0 Å². The number of nitrogens with one attached hydrogen (secondary N) is 1. The highest BCUT2D eigenvalue weighted by Crippen LogP contribution is 2.22. The van der Waals surface area contributed by atoms with E-state index in [4.69, 9.17) is 4.74 Å². The number of ether oxygens (including phenoxy) is 1. The SMILES string of the molecule is COc1ccc(C)cc1C(=O)NCc1nc2ccccc2s1. The van der Waals surface area contributed by atoms with Gasteiger partial charge in [0.25, 0.3) is 5.91 Å². The third-order valence-electron chi connectivity index (χ3n) is 3.34. The standard InChI is InChI=1S/C17H16N2O2S/c1-11-7-8-14(21-2)12(9-11)17(20)18-10-16-19-13-5-3-4-6-15(13)22-16/h3-9H,10H2,1-2H3,(H,18,20). The lowest BCUT2D eigenvalue weighted by Crippen LogP contribution is -2.23. The zero-order chi connectivity index (χ0) is 15.5. The molecule has 0 saturated heterocycles. The molecule has 2 aromatic carbocycles. The van der Waals surface area contributed by atoms with Gasteiger partial charge in [0.1, 0.15) is 10.8 Å². The van der Waals surface area contributed by atoms with Crippen molar-refractivity contribution in [2.75, 3.05) is 7.11 Å². The van der Waals surface area contributed by atoms with Gasteiger partial charge in [-0.15, -0.1) is 11.3 Å². The van der Waals surface area contributed by atoms with Gasteiger partial charge in [-0.3, -0.25) is 4.79 Å². The molecule has 0 saturated carbocycles. The van der Waals surface area contributed by atoms with E-state index in [0.717, 1.165) is 20.8 Å². The van der Waals surface area contributed by atoms with Crippen LogP contribution in [0.15, 0.2) is 42.5 Å². The number of benzene rings is 2. The zero-order valence-electron chi connectivity index (χ0n) is 12.4. The van der Waals surface area contributed by atoms with Crippen molar-refractivity contribution < 1.29 is 9.53 Å². The van der Waals surface area contributed by atoms with E-state index >= 15 is 0 Å². The number of carbonyl (C=O) groups is 1. The molecule has 0 atom stereocenters. The summed E-state index contributed by atoms with van der Waals surface area (Å²) in [6, 6.07) is 13.5. The van der Waals surface area contributed by atoms with Crippen LogP contribution in [0.1, 0.15) is 20.9 Å². The van der Waals surface area contributed by atoms with E-state index in [2.05, 4.69) is 10.3 Å². The largest absolute Gasteiger partial charge is 0.496 e. The first-order chi connectivity index (χ1) is 10.7. The van der Waals surface area contributed by atoms with E-state index in [1.165, 1.54) is 0 Å². The molecule has 0 aliphatic heterocycles. The lowest BCUT2D eigenvalue weighted by Gasteiger charge is -2.09. The molecule has 1 heterocycles. The van der Waals surface area contributed by atoms with Gasteiger partial charge in [0.05, 0.1) is 29.4 Å². The number of aromatic nitrogens is 1. The second-order valence-corrected chi connectivity index (χ2v) is 6.08. The topological polar surface area (TPSA) is 51.2 Å². The predicted molar refractivity (Wildman–Crippen MR) is 88.5 cm³/mol. The molecular weight excluding hydrogens is 296 g/mol. The van der Waals surface area contributed by atoms with Crippen molar-refractivity contribution in [1.29, 1.82) is 0 Å². The minimum absolute atomic E-state index is 0.153. The maximum Gasteiger partial charge on any atom is 0.255 e. The molecule has 0 aliphatic carbocycles. The summed E-state index contributed by atoms with van der Waals surface area (Å²) in [7, 11) is 1.56. The Balaban J connectivity index is 1.76. The van der Waals surface area contributed by atoms with Crippen LogP contribution >= 0.6 is 11.3 Å². The maximum atomic E-state index is 12.4. The number of carbonyl (C=O) groups excluding carboxylic acids is 1. The predicted octanol–water partition coefficient (Wildman–Crippen LogP) is 3.54. The average molecular weight is 312 g/mol. The van der Waals surface area contributed by atoms with Crippen LogP contribution in [0.3, 0.4) is 0 Å². The number of hydrogen-bond donors (Lipinski definition) is 1. The van der Waals surface area contributed by atoms with Crippen molar-refractivity contribution in [2.24, 2.45) is 0 Å². The van der Waals surface area contributed by atoms with Crippen LogP contribution in [0.2, 0.25) is 0 Å². The van der Waals surface area contributed by atoms with Crippen LogP contribution in [0.5, 0.6) is 5.75 Å². The molecule has 22 heavy (non-hydrogen) atoms. The second-order valence-electron chi connectivity index (χ2n) is 4.96. The molecule has 1 aromatic heterocycles. The van der Waals surface area contributed by atoms with Gasteiger partial charge >= 0.3 is 0 Å². The number of para-hydroxylation sites is 1. The Hall–Kier alpha value is -2.40. The van der Waals surface area contributed by atoms with Crippen LogP contribution in [0.4, 0.5) is 0 Å². The molecule has 4 nitrogen and oxygen atoms in total. The van der Waals surface area contributed by atoms with E-state index in [9.17, 15) is 4.79 Å². The van der Waals surface area contributed by atoms with Gasteiger partial charge in [-0.05, 0) is 31.2 Å². The molecule has 0 unspecified atom stereocenters. The smallest absolute Gasteiger partial charge is 0.255 e. The van der Waals surface area contributed by atoms with Crippen LogP contribution in [0.25, 0.3) is 10.2 Å². The van der Waals surface area contributed by atoms with Crippen molar-refractivity contribution in [3.63, 3.8) is 0 Å². The van der Waals surface area contributed by atoms with Crippen molar-refractivity contribution in [3.8, 4) is 5.75 Å². The number of thiazole rings is 1. The maximum absolute atomic E-state index is 12.4. The number of amides is 1. The second kappa shape index (κ2) is 6.15. The summed E-state index contributed by atoms with van der Waals surface area (Å²) in [5, 5.41) is 3.80. The molecule has 0 spiro atoms. The monoisotopic (exact) mass is 312 g/mol. The molecule has 3 aromatic rings. The summed E-state index contributed by atoms with van der Waals surface area (Å²) in [6.07, 6.45) is 0. The number of methoxy groups -OCH3 is 1. The van der Waals surface area contributed by atoms with Gasteiger partial charge in [-0.25, -0.2) is 4.98 Å². The van der Waals surface area contributed by atoms with Crippen LogP contribution in [-0.4, -0.2) is 18.0 Å². The third kappa shape index (κ3) is 2.94. The fraction of sp³-hybridized carbons (Fsp3) is 0.176. The third-order valence-corrected chi connectivity index (χ3v) is 4.37. The number of rotatable bonds is 4. The summed E-state index contributed by atoms with van der Waals surface area (Å²) in [6.45, 7) is 2.36. The van der Waals surface area contributed by atoms with Crippen LogP contribution < -0.4 is 10.1 Å². The number of nitrogens with zero attached hydrogens (tertiary/aromatic N) is 1. The molecule has 0 fully saturated rings. The van der Waals surface area contributed by atoms with Crippen molar-refractivity contribution >= 4 is 27.5 Å².